The molecule has 256 valence electrons. The Morgan fingerprint density at radius 3 is 1.07 bits per heavy atom. The van der Waals surface area contributed by atoms with Gasteiger partial charge in [0.15, 0.2) is 0 Å². The molecule has 0 spiro atoms. The van der Waals surface area contributed by atoms with Gasteiger partial charge in [0.1, 0.15) is 11.2 Å². The minimum Gasteiger partial charge on any atom is -0.236 e. The molecule has 2 saturated carbocycles. The van der Waals surface area contributed by atoms with Crippen LogP contribution in [-0.4, -0.2) is 24.4 Å². The zero-order valence-electron chi connectivity index (χ0n) is 30.1. The second kappa shape index (κ2) is 22.4. The Balaban J connectivity index is 1.99. The van der Waals surface area contributed by atoms with E-state index in [9.17, 15) is 0 Å². The number of hydrogen-bond acceptors (Lipinski definition) is 4. The van der Waals surface area contributed by atoms with E-state index in [2.05, 4.69) is 41.5 Å². The van der Waals surface area contributed by atoms with Crippen LogP contribution in [0.4, 0.5) is 0 Å². The molecule has 0 saturated heterocycles. The first-order chi connectivity index (χ1) is 20.9. The lowest BCUT2D eigenvalue weighted by molar-refractivity contribution is -0.445. The molecule has 0 bridgehead atoms. The van der Waals surface area contributed by atoms with Crippen molar-refractivity contribution in [2.45, 2.75) is 220 Å². The number of hydrogen-bond donors (Lipinski definition) is 0. The zero-order chi connectivity index (χ0) is 31.3. The summed E-state index contributed by atoms with van der Waals surface area (Å²) in [4.78, 5) is 25.7. The highest BCUT2D eigenvalue weighted by atomic mass is 17.2. The van der Waals surface area contributed by atoms with Gasteiger partial charge in [-0.15, -0.1) is 0 Å². The highest BCUT2D eigenvalue weighted by Gasteiger charge is 2.61. The summed E-state index contributed by atoms with van der Waals surface area (Å²) in [5, 5.41) is 0. The lowest BCUT2D eigenvalue weighted by atomic mass is 9.55. The summed E-state index contributed by atoms with van der Waals surface area (Å²) in [6.07, 6.45) is 32.4. The molecule has 0 aliphatic heterocycles. The molecule has 43 heavy (non-hydrogen) atoms. The second-order valence-corrected chi connectivity index (χ2v) is 15.1. The van der Waals surface area contributed by atoms with Gasteiger partial charge in [-0.1, -0.05) is 157 Å². The van der Waals surface area contributed by atoms with Gasteiger partial charge in [0.25, 0.3) is 0 Å². The topological polar surface area (TPSA) is 36.9 Å². The lowest BCUT2D eigenvalue weighted by Crippen LogP contribution is -2.62. The Hall–Kier alpha value is -0.160. The Morgan fingerprint density at radius 2 is 0.767 bits per heavy atom. The van der Waals surface area contributed by atoms with Crippen LogP contribution in [0.3, 0.4) is 0 Å². The second-order valence-electron chi connectivity index (χ2n) is 15.1. The average molecular weight is 609 g/mol. The van der Waals surface area contributed by atoms with E-state index in [0.717, 1.165) is 50.4 Å². The van der Waals surface area contributed by atoms with Crippen molar-refractivity contribution in [1.82, 2.24) is 0 Å². The molecular formula is C39H76O4. The molecule has 0 N–H and O–H groups in total. The molecule has 0 atom stereocenters. The van der Waals surface area contributed by atoms with E-state index < -0.39 is 0 Å². The van der Waals surface area contributed by atoms with Gasteiger partial charge in [0, 0.05) is 5.41 Å². The van der Waals surface area contributed by atoms with Crippen molar-refractivity contribution in [2.75, 3.05) is 13.2 Å². The molecule has 2 rings (SSSR count). The van der Waals surface area contributed by atoms with Gasteiger partial charge in [0.05, 0.1) is 13.2 Å². The zero-order valence-corrected chi connectivity index (χ0v) is 30.1. The van der Waals surface area contributed by atoms with Gasteiger partial charge in [0.2, 0.25) is 0 Å². The summed E-state index contributed by atoms with van der Waals surface area (Å²) < 4.78 is 0. The largest absolute Gasteiger partial charge is 0.236 e. The maximum atomic E-state index is 6.66. The smallest absolute Gasteiger partial charge is 0.111 e. The predicted molar refractivity (Wildman–Crippen MR) is 183 cm³/mol. The van der Waals surface area contributed by atoms with Crippen molar-refractivity contribution in [1.29, 1.82) is 0 Å². The van der Waals surface area contributed by atoms with Crippen molar-refractivity contribution < 1.29 is 19.6 Å². The van der Waals surface area contributed by atoms with Crippen LogP contribution in [0.5, 0.6) is 0 Å². The predicted octanol–water partition coefficient (Wildman–Crippen LogP) is 12.9. The van der Waals surface area contributed by atoms with Crippen LogP contribution < -0.4 is 0 Å². The van der Waals surface area contributed by atoms with E-state index in [1.165, 1.54) is 128 Å². The van der Waals surface area contributed by atoms with Gasteiger partial charge in [-0.05, 0) is 63.2 Å². The first-order valence-corrected chi connectivity index (χ1v) is 19.5. The Bertz CT molecular complexity index is 580. The van der Waals surface area contributed by atoms with Crippen molar-refractivity contribution in [3.05, 3.63) is 0 Å². The molecule has 0 amide bonds. The van der Waals surface area contributed by atoms with Crippen LogP contribution in [0.1, 0.15) is 208 Å². The quantitative estimate of drug-likeness (QED) is 0.0556. The third kappa shape index (κ3) is 12.9. The molecule has 2 fully saturated rings. The van der Waals surface area contributed by atoms with Gasteiger partial charge in [-0.3, -0.25) is 0 Å². The standard InChI is InChI=1S/C39H76O4/c1-7-11-23-35(24-12-8-2)27-21-33-40-42-38(29-17-15-18-30-38)37(5,6)39(31-19-16-20-32-39)43-41-34-22-28-36(25-13-9-3)26-14-10-4/h35-36H,7-34H2,1-6H3. The molecule has 0 aromatic carbocycles. The van der Waals surface area contributed by atoms with Crippen LogP contribution in [0.15, 0.2) is 0 Å². The summed E-state index contributed by atoms with van der Waals surface area (Å²) >= 11 is 0. The van der Waals surface area contributed by atoms with E-state index in [4.69, 9.17) is 19.6 Å². The minimum absolute atomic E-state index is 0.198. The third-order valence-electron chi connectivity index (χ3n) is 11.6. The number of rotatable bonds is 26. The van der Waals surface area contributed by atoms with Crippen molar-refractivity contribution in [3.63, 3.8) is 0 Å². The summed E-state index contributed by atoms with van der Waals surface area (Å²) in [7, 11) is 0. The Kier molecular flexibility index (Phi) is 20.3. The van der Waals surface area contributed by atoms with E-state index >= 15 is 0 Å². The SMILES string of the molecule is CCCCC(CCCC)CCCOOC1(C(C)(C)C2(OOCCCC(CCCC)CCCC)CCCCC2)CCCCC1. The molecule has 2 aliphatic rings. The normalized spacial score (nSPS) is 19.0. The third-order valence-corrected chi connectivity index (χ3v) is 11.6. The average Bonchev–Trinajstić information content (AvgIpc) is 3.03. The monoisotopic (exact) mass is 609 g/mol. The van der Waals surface area contributed by atoms with Crippen LogP contribution >= 0.6 is 0 Å². The maximum Gasteiger partial charge on any atom is 0.111 e. The fraction of sp³-hybridized carbons (Fsp3) is 1.00. The van der Waals surface area contributed by atoms with Gasteiger partial charge < -0.3 is 0 Å². The minimum atomic E-state index is -0.318. The molecule has 4 nitrogen and oxygen atoms in total. The van der Waals surface area contributed by atoms with Crippen LogP contribution in [0.25, 0.3) is 0 Å². The highest BCUT2D eigenvalue weighted by Crippen LogP contribution is 2.56. The first kappa shape index (κ1) is 39.0. The van der Waals surface area contributed by atoms with Crippen LogP contribution in [0, 0.1) is 17.3 Å². The van der Waals surface area contributed by atoms with Gasteiger partial charge >= 0.3 is 0 Å². The van der Waals surface area contributed by atoms with E-state index in [-0.39, 0.29) is 16.6 Å². The maximum absolute atomic E-state index is 6.66. The molecule has 0 unspecified atom stereocenters. The van der Waals surface area contributed by atoms with E-state index in [1.54, 1.807) is 0 Å². The summed E-state index contributed by atoms with van der Waals surface area (Å²) in [6.45, 7) is 15.5. The first-order valence-electron chi connectivity index (χ1n) is 19.5. The molecule has 4 heteroatoms. The van der Waals surface area contributed by atoms with Crippen molar-refractivity contribution >= 4 is 0 Å². The van der Waals surface area contributed by atoms with Gasteiger partial charge in [-0.2, -0.15) is 0 Å². The fourth-order valence-corrected chi connectivity index (χ4v) is 8.29. The Labute approximate surface area is 269 Å². The highest BCUT2D eigenvalue weighted by molar-refractivity contribution is 5.08. The van der Waals surface area contributed by atoms with E-state index in [1.807, 2.05) is 0 Å². The van der Waals surface area contributed by atoms with Gasteiger partial charge in [-0.25, -0.2) is 19.6 Å². The van der Waals surface area contributed by atoms with Crippen LogP contribution in [0.2, 0.25) is 0 Å². The summed E-state index contributed by atoms with van der Waals surface area (Å²) in [6, 6.07) is 0. The molecular weight excluding hydrogens is 532 g/mol. The Morgan fingerprint density at radius 1 is 0.465 bits per heavy atom. The van der Waals surface area contributed by atoms with E-state index in [0.29, 0.717) is 13.2 Å². The van der Waals surface area contributed by atoms with Crippen LogP contribution in [-0.2, 0) is 19.6 Å². The van der Waals surface area contributed by atoms with Crippen molar-refractivity contribution in [3.8, 4) is 0 Å². The molecule has 0 aromatic heterocycles. The van der Waals surface area contributed by atoms with Crippen molar-refractivity contribution in [2.24, 2.45) is 17.3 Å². The molecule has 0 aromatic rings. The number of unbranched alkanes of at least 4 members (excludes halogenated alkanes) is 4. The molecule has 0 heterocycles. The molecule has 2 aliphatic carbocycles. The lowest BCUT2D eigenvalue weighted by Gasteiger charge is -2.57. The molecule has 0 radical (unpaired) electrons. The summed E-state index contributed by atoms with van der Waals surface area (Å²) in [5.74, 6) is 1.68. The summed E-state index contributed by atoms with van der Waals surface area (Å²) in [5.41, 5.74) is -0.835. The fourth-order valence-electron chi connectivity index (χ4n) is 8.29.